The quantitative estimate of drug-likeness (QED) is 0.881. The molecule has 2 rings (SSSR count). The first-order valence-electron chi connectivity index (χ1n) is 5.67. The number of hydrogen-bond donors (Lipinski definition) is 1. The van der Waals surface area contributed by atoms with Gasteiger partial charge in [0.1, 0.15) is 5.82 Å². The van der Waals surface area contributed by atoms with Gasteiger partial charge in [0.25, 0.3) is 0 Å². The highest BCUT2D eigenvalue weighted by atomic mass is 35.5. The molecule has 4 heteroatoms. The van der Waals surface area contributed by atoms with E-state index in [9.17, 15) is 4.39 Å². The molecule has 2 N–H and O–H groups in total. The molecule has 1 aromatic heterocycles. The number of thiophene rings is 1. The Balaban J connectivity index is 2.36. The van der Waals surface area contributed by atoms with E-state index in [1.165, 1.54) is 12.1 Å². The lowest BCUT2D eigenvalue weighted by molar-refractivity contribution is 0.425. The maximum Gasteiger partial charge on any atom is 0.123 e. The van der Waals surface area contributed by atoms with Gasteiger partial charge in [-0.25, -0.2) is 4.39 Å². The third-order valence-corrected chi connectivity index (χ3v) is 4.73. The first-order valence-corrected chi connectivity index (χ1v) is 6.93. The highest BCUT2D eigenvalue weighted by Crippen LogP contribution is 2.40. The zero-order chi connectivity index (χ0) is 13.3. The Morgan fingerprint density at radius 3 is 2.33 bits per heavy atom. The second kappa shape index (κ2) is 5.00. The molecule has 0 fully saturated rings. The molecule has 2 aromatic rings. The predicted octanol–water partition coefficient (Wildman–Crippen LogP) is 4.52. The fourth-order valence-electron chi connectivity index (χ4n) is 1.91. The van der Waals surface area contributed by atoms with E-state index in [2.05, 4.69) is 0 Å². The van der Waals surface area contributed by atoms with Crippen molar-refractivity contribution in [2.45, 2.75) is 25.3 Å². The second-order valence-electron chi connectivity index (χ2n) is 4.84. The number of rotatable bonds is 3. The van der Waals surface area contributed by atoms with E-state index in [1.807, 2.05) is 25.3 Å². The predicted molar refractivity (Wildman–Crippen MR) is 75.7 cm³/mol. The fraction of sp³-hybridized carbons (Fsp3) is 0.286. The molecular weight excluding hydrogens is 269 g/mol. The van der Waals surface area contributed by atoms with E-state index in [0.29, 0.717) is 5.02 Å². The van der Waals surface area contributed by atoms with Crippen LogP contribution in [0, 0.1) is 5.82 Å². The summed E-state index contributed by atoms with van der Waals surface area (Å²) < 4.78 is 13.0. The molecule has 96 valence electrons. The molecule has 1 nitrogen and oxygen atoms in total. The van der Waals surface area contributed by atoms with Crippen molar-refractivity contribution in [2.24, 2.45) is 5.73 Å². The zero-order valence-electron chi connectivity index (χ0n) is 10.3. The minimum absolute atomic E-state index is 0.213. The highest BCUT2D eigenvalue weighted by molar-refractivity contribution is 7.10. The molecule has 0 aliphatic carbocycles. The molecule has 1 unspecified atom stereocenters. The lowest BCUT2D eigenvalue weighted by atomic mass is 9.77. The smallest absolute Gasteiger partial charge is 0.123 e. The molecule has 0 amide bonds. The molecule has 0 saturated carbocycles. The van der Waals surface area contributed by atoms with E-state index < -0.39 is 0 Å². The molecule has 1 atom stereocenters. The zero-order valence-corrected chi connectivity index (χ0v) is 11.9. The molecule has 1 heterocycles. The molecule has 0 radical (unpaired) electrons. The first kappa shape index (κ1) is 13.5. The molecule has 0 bridgehead atoms. The van der Waals surface area contributed by atoms with Crippen molar-refractivity contribution in [3.05, 3.63) is 57.0 Å². The number of benzene rings is 1. The lowest BCUT2D eigenvalue weighted by Gasteiger charge is -2.32. The molecule has 0 aliphatic heterocycles. The van der Waals surface area contributed by atoms with E-state index in [4.69, 9.17) is 17.3 Å². The Bertz CT molecular complexity index is 533. The molecule has 1 aromatic carbocycles. The summed E-state index contributed by atoms with van der Waals surface area (Å²) in [5.41, 5.74) is 7.02. The van der Waals surface area contributed by atoms with Crippen molar-refractivity contribution in [1.82, 2.24) is 0 Å². The summed E-state index contributed by atoms with van der Waals surface area (Å²) in [4.78, 5) is 0.964. The summed E-state index contributed by atoms with van der Waals surface area (Å²) in [6.45, 7) is 4.09. The standard InChI is InChI=1S/C14H15ClFNS/c1-14(2,9-3-5-10(16)6-4-9)13(17)12-11(15)7-8-18-12/h3-8,13H,17H2,1-2H3. The van der Waals surface area contributed by atoms with Crippen LogP contribution in [0.4, 0.5) is 4.39 Å². The van der Waals surface area contributed by atoms with Crippen LogP contribution in [-0.4, -0.2) is 0 Å². The van der Waals surface area contributed by atoms with E-state index in [1.54, 1.807) is 23.5 Å². The minimum atomic E-state index is -0.303. The van der Waals surface area contributed by atoms with Gasteiger partial charge in [0, 0.05) is 16.3 Å². The third-order valence-electron chi connectivity index (χ3n) is 3.29. The van der Waals surface area contributed by atoms with E-state index in [0.717, 1.165) is 10.4 Å². The average molecular weight is 284 g/mol. The van der Waals surface area contributed by atoms with Gasteiger partial charge >= 0.3 is 0 Å². The van der Waals surface area contributed by atoms with Gasteiger partial charge in [-0.2, -0.15) is 0 Å². The van der Waals surface area contributed by atoms with Gasteiger partial charge in [-0.15, -0.1) is 11.3 Å². The van der Waals surface area contributed by atoms with Crippen molar-refractivity contribution in [1.29, 1.82) is 0 Å². The molecule has 0 aliphatic rings. The monoisotopic (exact) mass is 283 g/mol. The number of halogens is 2. The number of hydrogen-bond acceptors (Lipinski definition) is 2. The Labute approximate surface area is 115 Å². The average Bonchev–Trinajstić information content (AvgIpc) is 2.75. The summed E-state index contributed by atoms with van der Waals surface area (Å²) in [5, 5.41) is 2.63. The van der Waals surface area contributed by atoms with E-state index in [-0.39, 0.29) is 17.3 Å². The van der Waals surface area contributed by atoms with Crippen LogP contribution in [0.1, 0.15) is 30.3 Å². The van der Waals surface area contributed by atoms with Crippen LogP contribution in [0.2, 0.25) is 5.02 Å². The van der Waals surface area contributed by atoms with Gasteiger partial charge in [0.2, 0.25) is 0 Å². The Hall–Kier alpha value is -0.900. The summed E-state index contributed by atoms with van der Waals surface area (Å²) in [7, 11) is 0. The SMILES string of the molecule is CC(C)(c1ccc(F)cc1)C(N)c1sccc1Cl. The topological polar surface area (TPSA) is 26.0 Å². The van der Waals surface area contributed by atoms with Crippen LogP contribution in [0.3, 0.4) is 0 Å². The third kappa shape index (κ3) is 2.44. The molecule has 0 spiro atoms. The van der Waals surface area contributed by atoms with Gasteiger partial charge in [-0.3, -0.25) is 0 Å². The minimum Gasteiger partial charge on any atom is -0.323 e. The first-order chi connectivity index (χ1) is 8.43. The van der Waals surface area contributed by atoms with Crippen molar-refractivity contribution in [3.63, 3.8) is 0 Å². The lowest BCUT2D eigenvalue weighted by Crippen LogP contribution is -2.32. The van der Waals surface area contributed by atoms with Gasteiger partial charge in [-0.05, 0) is 29.1 Å². The summed E-state index contributed by atoms with van der Waals surface area (Å²) in [6.07, 6.45) is 0. The van der Waals surface area contributed by atoms with E-state index >= 15 is 0 Å². The van der Waals surface area contributed by atoms with Gasteiger partial charge in [0.05, 0.1) is 5.02 Å². The largest absolute Gasteiger partial charge is 0.323 e. The van der Waals surface area contributed by atoms with Gasteiger partial charge in [-0.1, -0.05) is 37.6 Å². The maximum atomic E-state index is 13.0. The summed E-state index contributed by atoms with van der Waals surface area (Å²) in [5.74, 6) is -0.239. The fourth-order valence-corrected chi connectivity index (χ4v) is 3.28. The summed E-state index contributed by atoms with van der Waals surface area (Å²) >= 11 is 7.68. The molecule has 0 saturated heterocycles. The molecule has 18 heavy (non-hydrogen) atoms. The van der Waals surface area contributed by atoms with Crippen LogP contribution in [0.25, 0.3) is 0 Å². The maximum absolute atomic E-state index is 13.0. The van der Waals surface area contributed by atoms with Crippen molar-refractivity contribution in [3.8, 4) is 0 Å². The Morgan fingerprint density at radius 2 is 1.83 bits per heavy atom. The normalized spacial score (nSPS) is 13.6. The number of nitrogens with two attached hydrogens (primary N) is 1. The summed E-state index contributed by atoms with van der Waals surface area (Å²) in [6, 6.07) is 8.10. The van der Waals surface area contributed by atoms with Crippen LogP contribution in [0.15, 0.2) is 35.7 Å². The highest BCUT2D eigenvalue weighted by Gasteiger charge is 2.31. The second-order valence-corrected chi connectivity index (χ2v) is 6.19. The van der Waals surface area contributed by atoms with Crippen molar-refractivity contribution < 1.29 is 4.39 Å². The van der Waals surface area contributed by atoms with Gasteiger partial charge in [0.15, 0.2) is 0 Å². The van der Waals surface area contributed by atoms with Crippen LogP contribution in [0.5, 0.6) is 0 Å². The van der Waals surface area contributed by atoms with Crippen LogP contribution in [-0.2, 0) is 5.41 Å². The molecular formula is C14H15ClFNS. The van der Waals surface area contributed by atoms with Crippen LogP contribution < -0.4 is 5.73 Å². The van der Waals surface area contributed by atoms with Crippen LogP contribution >= 0.6 is 22.9 Å². The Kier molecular flexibility index (Phi) is 3.76. The van der Waals surface area contributed by atoms with Crippen molar-refractivity contribution >= 4 is 22.9 Å². The van der Waals surface area contributed by atoms with Gasteiger partial charge < -0.3 is 5.73 Å². The van der Waals surface area contributed by atoms with Crippen molar-refractivity contribution in [2.75, 3.05) is 0 Å². The Morgan fingerprint density at radius 1 is 1.22 bits per heavy atom.